The zero-order chi connectivity index (χ0) is 15.2. The van der Waals surface area contributed by atoms with Crippen LogP contribution in [0.2, 0.25) is 5.02 Å². The largest absolute Gasteiger partial charge is 0.451 e. The second-order valence-electron chi connectivity index (χ2n) is 4.30. The van der Waals surface area contributed by atoms with Crippen LogP contribution in [0.15, 0.2) is 47.9 Å². The summed E-state index contributed by atoms with van der Waals surface area (Å²) in [6, 6.07) is 10.3. The second kappa shape index (κ2) is 7.20. The number of hydrogen-bond donors (Lipinski definition) is 0. The maximum absolute atomic E-state index is 12.1. The summed E-state index contributed by atoms with van der Waals surface area (Å²) in [5, 5.41) is 2.38. The van der Waals surface area contributed by atoms with Crippen molar-refractivity contribution >= 4 is 40.8 Å². The zero-order valence-electron chi connectivity index (χ0n) is 11.3. The van der Waals surface area contributed by atoms with Gasteiger partial charge in [-0.25, -0.2) is 4.79 Å². The normalized spacial score (nSPS) is 12.3. The van der Waals surface area contributed by atoms with E-state index in [1.807, 2.05) is 17.5 Å². The molecule has 1 atom stereocenters. The van der Waals surface area contributed by atoms with Crippen molar-refractivity contribution in [2.24, 2.45) is 0 Å². The molecule has 1 aromatic heterocycles. The Morgan fingerprint density at radius 1 is 1.29 bits per heavy atom. The van der Waals surface area contributed by atoms with E-state index in [2.05, 4.69) is 0 Å². The Balaban J connectivity index is 1.96. The molecule has 2 rings (SSSR count). The van der Waals surface area contributed by atoms with E-state index in [1.54, 1.807) is 37.3 Å². The van der Waals surface area contributed by atoms with Gasteiger partial charge >= 0.3 is 5.97 Å². The molecule has 1 heterocycles. The highest BCUT2D eigenvalue weighted by Gasteiger charge is 2.18. The van der Waals surface area contributed by atoms with Crippen LogP contribution in [0.25, 0.3) is 6.08 Å². The van der Waals surface area contributed by atoms with Crippen LogP contribution in [-0.2, 0) is 9.53 Å². The first-order valence-electron chi connectivity index (χ1n) is 6.28. The summed E-state index contributed by atoms with van der Waals surface area (Å²) in [7, 11) is 0. The quantitative estimate of drug-likeness (QED) is 0.470. The molecule has 3 nitrogen and oxygen atoms in total. The number of thiophene rings is 1. The third-order valence-electron chi connectivity index (χ3n) is 2.70. The highest BCUT2D eigenvalue weighted by atomic mass is 35.5. The van der Waals surface area contributed by atoms with Gasteiger partial charge in [-0.1, -0.05) is 29.8 Å². The highest BCUT2D eigenvalue weighted by molar-refractivity contribution is 7.10. The predicted molar refractivity (Wildman–Crippen MR) is 84.7 cm³/mol. The summed E-state index contributed by atoms with van der Waals surface area (Å²) in [4.78, 5) is 24.7. The van der Waals surface area contributed by atoms with Crippen LogP contribution in [0.4, 0.5) is 0 Å². The molecule has 0 bridgehead atoms. The lowest BCUT2D eigenvalue weighted by Crippen LogP contribution is -2.23. The summed E-state index contributed by atoms with van der Waals surface area (Å²) < 4.78 is 5.09. The van der Waals surface area contributed by atoms with Gasteiger partial charge in [-0.05, 0) is 36.6 Å². The van der Waals surface area contributed by atoms with E-state index in [0.717, 1.165) is 4.88 Å². The summed E-state index contributed by atoms with van der Waals surface area (Å²) in [5.74, 6) is -0.832. The number of ether oxygens (including phenoxy) is 1. The molecular formula is C16H13ClO3S. The number of carbonyl (C=O) groups is 2. The van der Waals surface area contributed by atoms with Gasteiger partial charge in [0.05, 0.1) is 0 Å². The van der Waals surface area contributed by atoms with E-state index in [9.17, 15) is 9.59 Å². The Morgan fingerprint density at radius 3 is 2.76 bits per heavy atom. The molecule has 0 aliphatic rings. The van der Waals surface area contributed by atoms with Crippen molar-refractivity contribution < 1.29 is 14.3 Å². The monoisotopic (exact) mass is 320 g/mol. The topological polar surface area (TPSA) is 43.4 Å². The minimum Gasteiger partial charge on any atom is -0.451 e. The maximum atomic E-state index is 12.1. The third-order valence-corrected chi connectivity index (χ3v) is 3.77. The Bertz CT molecular complexity index is 662. The van der Waals surface area contributed by atoms with Gasteiger partial charge in [0, 0.05) is 21.5 Å². The minimum absolute atomic E-state index is 0.282. The summed E-state index contributed by atoms with van der Waals surface area (Å²) >= 11 is 7.35. The summed E-state index contributed by atoms with van der Waals surface area (Å²) in [5.41, 5.74) is 0.421. The van der Waals surface area contributed by atoms with E-state index in [-0.39, 0.29) is 5.78 Å². The molecular weight excluding hydrogens is 308 g/mol. The first-order chi connectivity index (χ1) is 10.1. The van der Waals surface area contributed by atoms with Gasteiger partial charge < -0.3 is 4.74 Å². The van der Waals surface area contributed by atoms with Gasteiger partial charge in [0.1, 0.15) is 0 Å². The Labute approximate surface area is 131 Å². The molecule has 0 N–H and O–H groups in total. The van der Waals surface area contributed by atoms with Crippen LogP contribution in [0.1, 0.15) is 22.2 Å². The van der Waals surface area contributed by atoms with Crippen LogP contribution in [0, 0.1) is 0 Å². The van der Waals surface area contributed by atoms with Gasteiger partial charge in [0.25, 0.3) is 0 Å². The minimum atomic E-state index is -0.857. The number of esters is 1. The predicted octanol–water partition coefficient (Wildman–Crippen LogP) is 4.23. The van der Waals surface area contributed by atoms with Crippen LogP contribution in [0.3, 0.4) is 0 Å². The van der Waals surface area contributed by atoms with Gasteiger partial charge in [0.15, 0.2) is 6.10 Å². The molecule has 0 unspecified atom stereocenters. The number of Topliss-reactive ketones (excluding diaryl/α,β-unsaturated/α-hetero) is 1. The summed E-state index contributed by atoms with van der Waals surface area (Å²) in [6.45, 7) is 1.54. The van der Waals surface area contributed by atoms with Crippen LogP contribution in [0.5, 0.6) is 0 Å². The van der Waals surface area contributed by atoms with E-state index >= 15 is 0 Å². The lowest BCUT2D eigenvalue weighted by Gasteiger charge is -2.10. The lowest BCUT2D eigenvalue weighted by atomic mass is 10.1. The van der Waals surface area contributed by atoms with E-state index in [1.165, 1.54) is 17.4 Å². The first kappa shape index (κ1) is 15.5. The molecule has 0 spiro atoms. The van der Waals surface area contributed by atoms with Gasteiger partial charge in [0.2, 0.25) is 5.78 Å². The van der Waals surface area contributed by atoms with Gasteiger partial charge in [-0.3, -0.25) is 4.79 Å². The maximum Gasteiger partial charge on any atom is 0.331 e. The molecule has 0 fully saturated rings. The third kappa shape index (κ3) is 4.55. The van der Waals surface area contributed by atoms with E-state index < -0.39 is 12.1 Å². The number of ketones is 1. The smallest absolute Gasteiger partial charge is 0.331 e. The fraction of sp³-hybridized carbons (Fsp3) is 0.125. The molecule has 0 saturated carbocycles. The average Bonchev–Trinajstić information content (AvgIpc) is 2.97. The van der Waals surface area contributed by atoms with Gasteiger partial charge in [-0.2, -0.15) is 0 Å². The molecule has 2 aromatic rings. The Kier molecular flexibility index (Phi) is 5.31. The summed E-state index contributed by atoms with van der Waals surface area (Å²) in [6.07, 6.45) is 2.11. The van der Waals surface area contributed by atoms with Crippen molar-refractivity contribution in [3.63, 3.8) is 0 Å². The van der Waals surface area contributed by atoms with E-state index in [4.69, 9.17) is 16.3 Å². The fourth-order valence-electron chi connectivity index (χ4n) is 1.68. The average molecular weight is 321 g/mol. The van der Waals surface area contributed by atoms with Crippen LogP contribution < -0.4 is 0 Å². The zero-order valence-corrected chi connectivity index (χ0v) is 12.9. The van der Waals surface area contributed by atoms with Gasteiger partial charge in [-0.15, -0.1) is 11.3 Å². The Hall–Kier alpha value is -1.91. The molecule has 0 saturated heterocycles. The number of rotatable bonds is 5. The molecule has 0 radical (unpaired) electrons. The molecule has 21 heavy (non-hydrogen) atoms. The molecule has 5 heteroatoms. The highest BCUT2D eigenvalue weighted by Crippen LogP contribution is 2.14. The van der Waals surface area contributed by atoms with Crippen molar-refractivity contribution in [1.82, 2.24) is 0 Å². The van der Waals surface area contributed by atoms with Crippen molar-refractivity contribution in [3.8, 4) is 0 Å². The first-order valence-corrected chi connectivity index (χ1v) is 7.54. The fourth-order valence-corrected chi connectivity index (χ4v) is 2.49. The van der Waals surface area contributed by atoms with Crippen LogP contribution in [-0.4, -0.2) is 17.9 Å². The number of carbonyl (C=O) groups excluding carboxylic acids is 2. The molecule has 0 aliphatic heterocycles. The molecule has 108 valence electrons. The Morgan fingerprint density at radius 2 is 2.10 bits per heavy atom. The van der Waals surface area contributed by atoms with E-state index in [0.29, 0.717) is 10.6 Å². The van der Waals surface area contributed by atoms with Crippen molar-refractivity contribution in [1.29, 1.82) is 0 Å². The van der Waals surface area contributed by atoms with Crippen molar-refractivity contribution in [2.45, 2.75) is 13.0 Å². The van der Waals surface area contributed by atoms with Crippen LogP contribution >= 0.6 is 22.9 Å². The van der Waals surface area contributed by atoms with Crippen molar-refractivity contribution in [2.75, 3.05) is 0 Å². The number of halogens is 1. The second-order valence-corrected chi connectivity index (χ2v) is 5.72. The lowest BCUT2D eigenvalue weighted by molar-refractivity contribution is -0.140. The number of hydrogen-bond acceptors (Lipinski definition) is 4. The standard InChI is InChI=1S/C16H13ClO3S/c1-11(16(19)12-4-2-5-13(17)10-12)20-15(18)8-7-14-6-3-9-21-14/h2-11H,1H3/b8-7+/t11-/m0/s1. The number of benzene rings is 1. The molecule has 0 aliphatic carbocycles. The van der Waals surface area contributed by atoms with Crippen molar-refractivity contribution in [3.05, 3.63) is 63.3 Å². The SMILES string of the molecule is C[C@H](OC(=O)/C=C/c1cccs1)C(=O)c1cccc(Cl)c1. The molecule has 1 aromatic carbocycles. The molecule has 0 amide bonds.